The lowest BCUT2D eigenvalue weighted by molar-refractivity contribution is 0.390. The standard InChI is InChI=1S/C10H17N3O/c1-8-10(9(7-11)12-14-8)13-5-3-2-4-6-13/h2-7,11H2,1H3. The van der Waals surface area contributed by atoms with E-state index in [9.17, 15) is 0 Å². The van der Waals surface area contributed by atoms with E-state index in [1.165, 1.54) is 19.3 Å². The smallest absolute Gasteiger partial charge is 0.157 e. The summed E-state index contributed by atoms with van der Waals surface area (Å²) in [6, 6.07) is 0. The Kier molecular flexibility index (Phi) is 2.72. The molecule has 2 heterocycles. The Morgan fingerprint density at radius 3 is 2.71 bits per heavy atom. The fourth-order valence-electron chi connectivity index (χ4n) is 2.07. The zero-order valence-corrected chi connectivity index (χ0v) is 8.62. The first-order valence-electron chi connectivity index (χ1n) is 5.23. The molecule has 2 N–H and O–H groups in total. The van der Waals surface area contributed by atoms with Gasteiger partial charge in [-0.3, -0.25) is 0 Å². The molecule has 1 aromatic heterocycles. The van der Waals surface area contributed by atoms with E-state index < -0.39 is 0 Å². The number of piperidine rings is 1. The van der Waals surface area contributed by atoms with Gasteiger partial charge in [-0.1, -0.05) is 5.16 Å². The summed E-state index contributed by atoms with van der Waals surface area (Å²) in [5, 5.41) is 3.97. The molecule has 1 aliphatic heterocycles. The summed E-state index contributed by atoms with van der Waals surface area (Å²) < 4.78 is 5.17. The second-order valence-corrected chi connectivity index (χ2v) is 3.79. The van der Waals surface area contributed by atoms with E-state index in [2.05, 4.69) is 10.1 Å². The molecule has 1 fully saturated rings. The van der Waals surface area contributed by atoms with Crippen LogP contribution in [0.4, 0.5) is 5.69 Å². The van der Waals surface area contributed by atoms with Gasteiger partial charge in [0.05, 0.1) is 0 Å². The Morgan fingerprint density at radius 2 is 2.07 bits per heavy atom. The largest absolute Gasteiger partial charge is 0.367 e. The minimum Gasteiger partial charge on any atom is -0.367 e. The van der Waals surface area contributed by atoms with Crippen molar-refractivity contribution < 1.29 is 4.52 Å². The van der Waals surface area contributed by atoms with E-state index in [-0.39, 0.29) is 0 Å². The van der Waals surface area contributed by atoms with Crippen molar-refractivity contribution in [1.82, 2.24) is 5.16 Å². The van der Waals surface area contributed by atoms with Crippen molar-refractivity contribution in [2.24, 2.45) is 5.73 Å². The van der Waals surface area contributed by atoms with Gasteiger partial charge in [0.2, 0.25) is 0 Å². The van der Waals surface area contributed by atoms with Gasteiger partial charge in [0.1, 0.15) is 11.4 Å². The van der Waals surface area contributed by atoms with Gasteiger partial charge in [-0.2, -0.15) is 0 Å². The molecule has 2 rings (SSSR count). The van der Waals surface area contributed by atoms with Crippen LogP contribution in [-0.2, 0) is 6.54 Å². The topological polar surface area (TPSA) is 55.3 Å². The maximum Gasteiger partial charge on any atom is 0.157 e. The third kappa shape index (κ3) is 1.62. The number of hydrogen-bond acceptors (Lipinski definition) is 4. The van der Waals surface area contributed by atoms with E-state index in [4.69, 9.17) is 10.3 Å². The highest BCUT2D eigenvalue weighted by Gasteiger charge is 2.19. The first kappa shape index (κ1) is 9.52. The second kappa shape index (κ2) is 4.00. The zero-order valence-electron chi connectivity index (χ0n) is 8.62. The molecule has 0 atom stereocenters. The summed E-state index contributed by atoms with van der Waals surface area (Å²) >= 11 is 0. The van der Waals surface area contributed by atoms with Crippen molar-refractivity contribution in [3.63, 3.8) is 0 Å². The first-order chi connectivity index (χ1) is 6.83. The summed E-state index contributed by atoms with van der Waals surface area (Å²) in [6.07, 6.45) is 3.85. The number of nitrogens with zero attached hydrogens (tertiary/aromatic N) is 2. The molecule has 0 amide bonds. The van der Waals surface area contributed by atoms with Crippen LogP contribution in [0.5, 0.6) is 0 Å². The van der Waals surface area contributed by atoms with Crippen molar-refractivity contribution in [2.75, 3.05) is 18.0 Å². The van der Waals surface area contributed by atoms with Gasteiger partial charge in [0, 0.05) is 19.6 Å². The number of hydrogen-bond donors (Lipinski definition) is 1. The van der Waals surface area contributed by atoms with Crippen LogP contribution in [0.2, 0.25) is 0 Å². The molecule has 0 unspecified atom stereocenters. The van der Waals surface area contributed by atoms with E-state index >= 15 is 0 Å². The van der Waals surface area contributed by atoms with Gasteiger partial charge in [0.15, 0.2) is 5.76 Å². The molecule has 0 aliphatic carbocycles. The molecule has 0 radical (unpaired) electrons. The van der Waals surface area contributed by atoms with Crippen LogP contribution in [0.3, 0.4) is 0 Å². The average Bonchev–Trinajstić information content (AvgIpc) is 2.61. The predicted octanol–water partition coefficient (Wildman–Crippen LogP) is 1.43. The molecule has 1 aromatic rings. The quantitative estimate of drug-likeness (QED) is 0.775. The van der Waals surface area contributed by atoms with Crippen LogP contribution < -0.4 is 10.6 Å². The van der Waals surface area contributed by atoms with Crippen molar-refractivity contribution >= 4 is 5.69 Å². The van der Waals surface area contributed by atoms with Gasteiger partial charge >= 0.3 is 0 Å². The van der Waals surface area contributed by atoms with E-state index in [0.29, 0.717) is 6.54 Å². The molecule has 0 saturated carbocycles. The molecule has 78 valence electrons. The van der Waals surface area contributed by atoms with Crippen LogP contribution >= 0.6 is 0 Å². The molecule has 1 aliphatic rings. The van der Waals surface area contributed by atoms with E-state index in [1.807, 2.05) is 6.92 Å². The van der Waals surface area contributed by atoms with E-state index in [1.54, 1.807) is 0 Å². The number of nitrogens with two attached hydrogens (primary N) is 1. The molecule has 4 heteroatoms. The average molecular weight is 195 g/mol. The molecule has 0 aromatic carbocycles. The molecule has 4 nitrogen and oxygen atoms in total. The van der Waals surface area contributed by atoms with Crippen LogP contribution in [0, 0.1) is 6.92 Å². The second-order valence-electron chi connectivity index (χ2n) is 3.79. The van der Waals surface area contributed by atoms with Gasteiger partial charge in [-0.05, 0) is 26.2 Å². The fourth-order valence-corrected chi connectivity index (χ4v) is 2.07. The van der Waals surface area contributed by atoms with Crippen LogP contribution in [-0.4, -0.2) is 18.2 Å². The van der Waals surface area contributed by atoms with Crippen LogP contribution in [0.1, 0.15) is 30.7 Å². The summed E-state index contributed by atoms with van der Waals surface area (Å²) in [6.45, 7) is 4.63. The van der Waals surface area contributed by atoms with Crippen LogP contribution in [0.15, 0.2) is 4.52 Å². The first-order valence-corrected chi connectivity index (χ1v) is 5.23. The Bertz CT molecular complexity index is 302. The van der Waals surface area contributed by atoms with Crippen molar-refractivity contribution in [3.05, 3.63) is 11.5 Å². The summed E-state index contributed by atoms with van der Waals surface area (Å²) in [5.74, 6) is 0.896. The number of aryl methyl sites for hydroxylation is 1. The van der Waals surface area contributed by atoms with Gasteiger partial charge < -0.3 is 15.2 Å². The molecule has 14 heavy (non-hydrogen) atoms. The molecule has 0 spiro atoms. The lowest BCUT2D eigenvalue weighted by Gasteiger charge is -2.28. The Morgan fingerprint density at radius 1 is 1.36 bits per heavy atom. The molecule has 0 bridgehead atoms. The lowest BCUT2D eigenvalue weighted by Crippen LogP contribution is -2.30. The highest BCUT2D eigenvalue weighted by molar-refractivity contribution is 5.53. The predicted molar refractivity (Wildman–Crippen MR) is 55.2 cm³/mol. The van der Waals surface area contributed by atoms with Gasteiger partial charge in [-0.15, -0.1) is 0 Å². The molecule has 1 saturated heterocycles. The maximum absolute atomic E-state index is 5.62. The summed E-state index contributed by atoms with van der Waals surface area (Å²) in [5.41, 5.74) is 7.65. The Hall–Kier alpha value is -1.03. The maximum atomic E-state index is 5.62. The minimum atomic E-state index is 0.461. The monoisotopic (exact) mass is 195 g/mol. The number of anilines is 1. The minimum absolute atomic E-state index is 0.461. The van der Waals surface area contributed by atoms with Crippen molar-refractivity contribution in [2.45, 2.75) is 32.7 Å². The Labute approximate surface area is 84.0 Å². The lowest BCUT2D eigenvalue weighted by atomic mass is 10.1. The third-order valence-corrected chi connectivity index (χ3v) is 2.77. The normalized spacial score (nSPS) is 17.4. The highest BCUT2D eigenvalue weighted by Crippen LogP contribution is 2.27. The summed E-state index contributed by atoms with van der Waals surface area (Å²) in [7, 11) is 0. The zero-order chi connectivity index (χ0) is 9.97. The Balaban J connectivity index is 2.23. The van der Waals surface area contributed by atoms with Crippen molar-refractivity contribution in [1.29, 1.82) is 0 Å². The SMILES string of the molecule is Cc1onc(CN)c1N1CCCCC1. The molecular formula is C10H17N3O. The fraction of sp³-hybridized carbons (Fsp3) is 0.700. The molecular weight excluding hydrogens is 178 g/mol. The summed E-state index contributed by atoms with van der Waals surface area (Å²) in [4.78, 5) is 2.34. The van der Waals surface area contributed by atoms with Gasteiger partial charge in [0.25, 0.3) is 0 Å². The number of rotatable bonds is 2. The van der Waals surface area contributed by atoms with E-state index in [0.717, 1.165) is 30.2 Å². The highest BCUT2D eigenvalue weighted by atomic mass is 16.5. The number of aromatic nitrogens is 1. The third-order valence-electron chi connectivity index (χ3n) is 2.77. The van der Waals surface area contributed by atoms with Crippen LogP contribution in [0.25, 0.3) is 0 Å². The van der Waals surface area contributed by atoms with Crippen molar-refractivity contribution in [3.8, 4) is 0 Å². The van der Waals surface area contributed by atoms with Gasteiger partial charge in [-0.25, -0.2) is 0 Å².